The van der Waals surface area contributed by atoms with Gasteiger partial charge in [0, 0.05) is 13.1 Å². The van der Waals surface area contributed by atoms with Crippen molar-refractivity contribution in [2.45, 2.75) is 13.1 Å². The SMILES string of the molecule is COC(=O)c1ccc(N=C(SC)N(Cc2ccc(OC)cc2)Cc2ccc(OC)cc2)cc1.I. The number of carbonyl (C=O) groups is 1. The van der Waals surface area contributed by atoms with Crippen LogP contribution in [0.1, 0.15) is 21.5 Å². The van der Waals surface area contributed by atoms with Gasteiger partial charge in [-0.3, -0.25) is 0 Å². The number of ether oxygens (including phenoxy) is 3. The van der Waals surface area contributed by atoms with Gasteiger partial charge in [-0.15, -0.1) is 24.0 Å². The van der Waals surface area contributed by atoms with Crippen molar-refractivity contribution in [3.63, 3.8) is 0 Å². The fourth-order valence-electron chi connectivity index (χ4n) is 3.24. The van der Waals surface area contributed by atoms with Crippen molar-refractivity contribution >= 4 is 52.6 Å². The Hall–Kier alpha value is -2.72. The van der Waals surface area contributed by atoms with E-state index < -0.39 is 0 Å². The minimum absolute atomic E-state index is 0. The first-order valence-electron chi connectivity index (χ1n) is 10.4. The van der Waals surface area contributed by atoms with Gasteiger partial charge in [-0.25, -0.2) is 9.79 Å². The van der Waals surface area contributed by atoms with E-state index in [1.807, 2.05) is 42.7 Å². The van der Waals surface area contributed by atoms with Crippen LogP contribution in [0.3, 0.4) is 0 Å². The molecule has 0 amide bonds. The first kappa shape index (κ1) is 27.5. The van der Waals surface area contributed by atoms with Crippen LogP contribution in [-0.2, 0) is 17.8 Å². The number of hydrogen-bond donors (Lipinski definition) is 0. The van der Waals surface area contributed by atoms with Gasteiger partial charge in [0.05, 0.1) is 32.6 Å². The third-order valence-electron chi connectivity index (χ3n) is 5.03. The molecule has 0 aliphatic heterocycles. The fraction of sp³-hybridized carbons (Fsp3) is 0.231. The lowest BCUT2D eigenvalue weighted by Gasteiger charge is -2.26. The third-order valence-corrected chi connectivity index (χ3v) is 5.75. The first-order valence-corrected chi connectivity index (χ1v) is 11.6. The summed E-state index contributed by atoms with van der Waals surface area (Å²) in [4.78, 5) is 18.8. The zero-order chi connectivity index (χ0) is 23.6. The molecule has 0 aliphatic rings. The minimum atomic E-state index is -0.365. The molecule has 0 bridgehead atoms. The van der Waals surface area contributed by atoms with Crippen molar-refractivity contribution in [2.75, 3.05) is 27.6 Å². The van der Waals surface area contributed by atoms with Crippen LogP contribution < -0.4 is 9.47 Å². The molecule has 0 heterocycles. The van der Waals surface area contributed by atoms with Gasteiger partial charge in [-0.05, 0) is 65.9 Å². The topological polar surface area (TPSA) is 60.4 Å². The zero-order valence-electron chi connectivity index (χ0n) is 19.7. The standard InChI is InChI=1S/C26H28N2O4S.HI/c1-30-23-13-5-19(6-14-23)17-28(18-20-7-15-24(31-2)16-8-20)26(33-4)27-22-11-9-21(10-12-22)25(29)32-3;/h5-16H,17-18H2,1-4H3;1H. The van der Waals surface area contributed by atoms with E-state index in [-0.39, 0.29) is 29.9 Å². The molecule has 3 aromatic rings. The average molecular weight is 592 g/mol. The summed E-state index contributed by atoms with van der Waals surface area (Å²) in [6.07, 6.45) is 2.01. The summed E-state index contributed by atoms with van der Waals surface area (Å²) in [5.74, 6) is 1.28. The molecule has 0 saturated carbocycles. The second-order valence-corrected chi connectivity index (χ2v) is 7.96. The quantitative estimate of drug-likeness (QED) is 0.135. The monoisotopic (exact) mass is 592 g/mol. The van der Waals surface area contributed by atoms with Crippen LogP contribution in [0.15, 0.2) is 77.8 Å². The van der Waals surface area contributed by atoms with Gasteiger partial charge in [0.15, 0.2) is 5.17 Å². The van der Waals surface area contributed by atoms with E-state index in [0.717, 1.165) is 33.5 Å². The van der Waals surface area contributed by atoms with E-state index in [1.54, 1.807) is 38.1 Å². The number of rotatable bonds is 8. The van der Waals surface area contributed by atoms with E-state index in [1.165, 1.54) is 7.11 Å². The molecule has 0 saturated heterocycles. The number of carbonyl (C=O) groups excluding carboxylic acids is 1. The molecule has 0 fully saturated rings. The number of esters is 1. The zero-order valence-corrected chi connectivity index (χ0v) is 22.8. The smallest absolute Gasteiger partial charge is 0.337 e. The normalized spacial score (nSPS) is 10.8. The summed E-state index contributed by atoms with van der Waals surface area (Å²) in [7, 11) is 4.69. The van der Waals surface area contributed by atoms with Gasteiger partial charge in [-0.2, -0.15) is 0 Å². The molecular weight excluding hydrogens is 563 g/mol. The van der Waals surface area contributed by atoms with Gasteiger partial charge in [-0.1, -0.05) is 36.0 Å². The third kappa shape index (κ3) is 7.66. The molecule has 0 aromatic heterocycles. The number of hydrogen-bond acceptors (Lipinski definition) is 6. The number of methoxy groups -OCH3 is 3. The highest BCUT2D eigenvalue weighted by Gasteiger charge is 2.14. The van der Waals surface area contributed by atoms with Crippen LogP contribution in [0.5, 0.6) is 11.5 Å². The lowest BCUT2D eigenvalue weighted by molar-refractivity contribution is 0.0601. The fourth-order valence-corrected chi connectivity index (χ4v) is 3.82. The minimum Gasteiger partial charge on any atom is -0.497 e. The van der Waals surface area contributed by atoms with Crippen LogP contribution in [0.25, 0.3) is 0 Å². The number of thioether (sulfide) groups is 1. The Morgan fingerprint density at radius 3 is 1.65 bits per heavy atom. The maximum absolute atomic E-state index is 11.7. The molecule has 3 rings (SSSR count). The van der Waals surface area contributed by atoms with Crippen LogP contribution in [0.4, 0.5) is 5.69 Å². The summed E-state index contributed by atoms with van der Waals surface area (Å²) >= 11 is 1.58. The lowest BCUT2D eigenvalue weighted by atomic mass is 10.1. The van der Waals surface area contributed by atoms with E-state index >= 15 is 0 Å². The molecule has 180 valence electrons. The Labute approximate surface area is 222 Å². The van der Waals surface area contributed by atoms with Gasteiger partial charge in [0.2, 0.25) is 0 Å². The number of halogens is 1. The molecule has 0 N–H and O–H groups in total. The average Bonchev–Trinajstić information content (AvgIpc) is 2.87. The Morgan fingerprint density at radius 1 is 0.794 bits per heavy atom. The van der Waals surface area contributed by atoms with Gasteiger partial charge >= 0.3 is 5.97 Å². The molecule has 0 atom stereocenters. The summed E-state index contributed by atoms with van der Waals surface area (Å²) in [6, 6.07) is 23.2. The summed E-state index contributed by atoms with van der Waals surface area (Å²) < 4.78 is 15.4. The Balaban J connectivity index is 0.00000408. The van der Waals surface area contributed by atoms with E-state index in [4.69, 9.17) is 19.2 Å². The van der Waals surface area contributed by atoms with E-state index in [9.17, 15) is 4.79 Å². The van der Waals surface area contributed by atoms with Gasteiger partial charge in [0.25, 0.3) is 0 Å². The van der Waals surface area contributed by atoms with Crippen molar-refractivity contribution < 1.29 is 19.0 Å². The van der Waals surface area contributed by atoms with Crippen LogP contribution in [0.2, 0.25) is 0 Å². The van der Waals surface area contributed by atoms with Crippen molar-refractivity contribution in [2.24, 2.45) is 4.99 Å². The molecule has 0 unspecified atom stereocenters. The number of benzene rings is 3. The Bertz CT molecular complexity index is 1020. The van der Waals surface area contributed by atoms with Crippen molar-refractivity contribution in [3.05, 3.63) is 89.5 Å². The highest BCUT2D eigenvalue weighted by atomic mass is 127. The van der Waals surface area contributed by atoms with Crippen LogP contribution in [0, 0.1) is 0 Å². The Morgan fingerprint density at radius 2 is 1.26 bits per heavy atom. The number of amidine groups is 1. The molecular formula is C26H29IN2O4S. The predicted molar refractivity (Wildman–Crippen MR) is 149 cm³/mol. The van der Waals surface area contributed by atoms with Gasteiger partial charge < -0.3 is 19.1 Å². The van der Waals surface area contributed by atoms with E-state index in [2.05, 4.69) is 29.2 Å². The molecule has 8 heteroatoms. The second kappa shape index (κ2) is 13.9. The highest BCUT2D eigenvalue weighted by molar-refractivity contribution is 14.0. The lowest BCUT2D eigenvalue weighted by Crippen LogP contribution is -2.27. The number of nitrogens with zero attached hydrogens (tertiary/aromatic N) is 2. The molecule has 0 spiro atoms. The molecule has 6 nitrogen and oxygen atoms in total. The van der Waals surface area contributed by atoms with Crippen LogP contribution >= 0.6 is 35.7 Å². The molecule has 0 aliphatic carbocycles. The molecule has 34 heavy (non-hydrogen) atoms. The first-order chi connectivity index (χ1) is 16.1. The van der Waals surface area contributed by atoms with Gasteiger partial charge in [0.1, 0.15) is 11.5 Å². The second-order valence-electron chi connectivity index (χ2n) is 7.19. The molecule has 3 aromatic carbocycles. The number of aliphatic imine (C=N–C) groups is 1. The predicted octanol–water partition coefficient (Wildman–Crippen LogP) is 6.16. The Kier molecular flexibility index (Phi) is 11.2. The van der Waals surface area contributed by atoms with Crippen molar-refractivity contribution in [1.29, 1.82) is 0 Å². The largest absolute Gasteiger partial charge is 0.497 e. The maximum atomic E-state index is 11.7. The highest BCUT2D eigenvalue weighted by Crippen LogP contribution is 2.23. The maximum Gasteiger partial charge on any atom is 0.337 e. The summed E-state index contributed by atoms with van der Waals surface area (Å²) in [5, 5.41) is 0.868. The summed E-state index contributed by atoms with van der Waals surface area (Å²) in [5.41, 5.74) is 3.55. The molecule has 0 radical (unpaired) electrons. The summed E-state index contributed by atoms with van der Waals surface area (Å²) in [6.45, 7) is 1.35. The van der Waals surface area contributed by atoms with Crippen LogP contribution in [-0.4, -0.2) is 43.6 Å². The van der Waals surface area contributed by atoms with E-state index in [0.29, 0.717) is 18.7 Å². The van der Waals surface area contributed by atoms with Crippen molar-refractivity contribution in [1.82, 2.24) is 4.90 Å². The van der Waals surface area contributed by atoms with Crippen molar-refractivity contribution in [3.8, 4) is 11.5 Å².